The van der Waals surface area contributed by atoms with Crippen LogP contribution in [0.25, 0.3) is 0 Å². The number of halogens is 6. The molecule has 186 valence electrons. The minimum Gasteiger partial charge on any atom is -0.478 e. The van der Waals surface area contributed by atoms with Crippen molar-refractivity contribution in [2.24, 2.45) is 5.92 Å². The molecule has 0 radical (unpaired) electrons. The third-order valence-electron chi connectivity index (χ3n) is 4.01. The molecule has 34 heavy (non-hydrogen) atoms. The van der Waals surface area contributed by atoms with Gasteiger partial charge in [0, 0.05) is 20.2 Å². The zero-order valence-electron chi connectivity index (χ0n) is 17.5. The summed E-state index contributed by atoms with van der Waals surface area (Å²) in [7, 11) is 0. The summed E-state index contributed by atoms with van der Waals surface area (Å²) in [5.74, 6) is -9.36. The Kier molecular flexibility index (Phi) is 12.9. The number of benzene rings is 2. The number of aliphatic hydroxyl groups is 1. The zero-order valence-corrected chi connectivity index (χ0v) is 21.8. The van der Waals surface area contributed by atoms with Crippen LogP contribution in [0.1, 0.15) is 27.6 Å². The summed E-state index contributed by atoms with van der Waals surface area (Å²) in [5.41, 5.74) is -1.13. The number of ketones is 1. The zero-order chi connectivity index (χ0) is 26.0. The van der Waals surface area contributed by atoms with E-state index in [1.165, 1.54) is 6.07 Å². The maximum atomic E-state index is 13.8. The average Bonchev–Trinajstić information content (AvgIpc) is 2.76. The standard InChI is InChI=1S/C14H16F2INO4.C7H3F2IO2/c1-2-22-14(21)10(7-18-3-4-19)13(20)9-5-8(17)6-11(15)12(9)16;8-5-2-3(10)1-4(6(5)9)7(11)12/h5-6,10,18-19H,2-4,7H2,1H3;1-2H,(H,11,12). The van der Waals surface area contributed by atoms with Gasteiger partial charge in [0.05, 0.1) is 24.3 Å². The predicted molar refractivity (Wildman–Crippen MR) is 130 cm³/mol. The van der Waals surface area contributed by atoms with Crippen molar-refractivity contribution in [1.82, 2.24) is 5.32 Å². The third kappa shape index (κ3) is 8.74. The Morgan fingerprint density at radius 1 is 0.971 bits per heavy atom. The molecule has 0 bridgehead atoms. The molecule has 2 aromatic carbocycles. The summed E-state index contributed by atoms with van der Waals surface area (Å²) in [6, 6.07) is 4.14. The largest absolute Gasteiger partial charge is 0.478 e. The number of carboxylic acids is 1. The first kappa shape index (κ1) is 30.2. The maximum Gasteiger partial charge on any atom is 0.338 e. The number of Topliss-reactive ketones (excluding diaryl/α,β-unsaturated/α-hetero) is 1. The molecule has 0 heterocycles. The van der Waals surface area contributed by atoms with Crippen LogP contribution in [0.4, 0.5) is 17.6 Å². The maximum absolute atomic E-state index is 13.8. The van der Waals surface area contributed by atoms with E-state index in [4.69, 9.17) is 14.9 Å². The smallest absolute Gasteiger partial charge is 0.338 e. The fourth-order valence-electron chi connectivity index (χ4n) is 2.49. The second kappa shape index (κ2) is 14.5. The summed E-state index contributed by atoms with van der Waals surface area (Å²) in [6.45, 7) is 1.48. The van der Waals surface area contributed by atoms with Crippen molar-refractivity contribution in [3.8, 4) is 0 Å². The lowest BCUT2D eigenvalue weighted by atomic mass is 9.97. The minimum absolute atomic E-state index is 0.0613. The lowest BCUT2D eigenvalue weighted by Crippen LogP contribution is -2.37. The van der Waals surface area contributed by atoms with Gasteiger partial charge in [-0.2, -0.15) is 0 Å². The number of hydrogen-bond donors (Lipinski definition) is 3. The van der Waals surface area contributed by atoms with Crippen molar-refractivity contribution in [2.45, 2.75) is 6.92 Å². The van der Waals surface area contributed by atoms with Crippen LogP contribution >= 0.6 is 45.2 Å². The molecular weight excluding hydrogens is 692 g/mol. The van der Waals surface area contributed by atoms with Crippen molar-refractivity contribution < 1.29 is 46.9 Å². The first-order chi connectivity index (χ1) is 15.9. The number of rotatable bonds is 9. The second-order valence-corrected chi connectivity index (χ2v) is 8.89. The third-order valence-corrected chi connectivity index (χ3v) is 5.25. The Morgan fingerprint density at radius 3 is 1.94 bits per heavy atom. The molecule has 0 aliphatic rings. The van der Waals surface area contributed by atoms with Crippen molar-refractivity contribution in [3.05, 3.63) is 65.8 Å². The van der Waals surface area contributed by atoms with E-state index in [9.17, 15) is 31.9 Å². The van der Waals surface area contributed by atoms with E-state index in [1.807, 2.05) is 0 Å². The monoisotopic (exact) mass is 711 g/mol. The Hall–Kier alpha value is -1.85. The number of nitrogens with one attached hydrogen (secondary N) is 1. The molecule has 2 aromatic rings. The SMILES string of the molecule is CCOC(=O)C(CNCCO)C(=O)c1cc(I)cc(F)c1F.O=C(O)c1cc(I)cc(F)c1F. The number of esters is 1. The van der Waals surface area contributed by atoms with Crippen molar-refractivity contribution in [3.63, 3.8) is 0 Å². The van der Waals surface area contributed by atoms with Gasteiger partial charge in [0.1, 0.15) is 5.92 Å². The molecule has 0 aliphatic carbocycles. The average molecular weight is 711 g/mol. The number of carbonyl (C=O) groups excluding carboxylic acids is 2. The van der Waals surface area contributed by atoms with E-state index in [2.05, 4.69) is 5.32 Å². The van der Waals surface area contributed by atoms with Gasteiger partial charge in [0.25, 0.3) is 0 Å². The molecule has 0 amide bonds. The number of hydrogen-bond acceptors (Lipinski definition) is 6. The van der Waals surface area contributed by atoms with Crippen LogP contribution < -0.4 is 5.32 Å². The first-order valence-corrected chi connectivity index (χ1v) is 11.6. The molecule has 13 heteroatoms. The fourth-order valence-corrected chi connectivity index (χ4v) is 3.66. The van der Waals surface area contributed by atoms with Crippen molar-refractivity contribution in [1.29, 1.82) is 0 Å². The highest BCUT2D eigenvalue weighted by atomic mass is 127. The number of aliphatic hydroxyl groups excluding tert-OH is 1. The number of aromatic carboxylic acids is 1. The van der Waals surface area contributed by atoms with Crippen molar-refractivity contribution >= 4 is 62.9 Å². The summed E-state index contributed by atoms with van der Waals surface area (Å²) < 4.78 is 58.0. The molecular formula is C21H19F4I2NO6. The van der Waals surface area contributed by atoms with Gasteiger partial charge in [0.2, 0.25) is 0 Å². The van der Waals surface area contributed by atoms with Crippen LogP contribution in [0.15, 0.2) is 24.3 Å². The fraction of sp³-hybridized carbons (Fsp3) is 0.286. The van der Waals surface area contributed by atoms with Gasteiger partial charge in [-0.25, -0.2) is 22.4 Å². The molecule has 0 aliphatic heterocycles. The summed E-state index contributed by atoms with van der Waals surface area (Å²) in [6.07, 6.45) is 0. The molecule has 0 saturated heterocycles. The van der Waals surface area contributed by atoms with Gasteiger partial charge in [0.15, 0.2) is 29.1 Å². The van der Waals surface area contributed by atoms with E-state index in [1.54, 1.807) is 52.1 Å². The first-order valence-electron chi connectivity index (χ1n) is 9.49. The summed E-state index contributed by atoms with van der Waals surface area (Å²) in [5, 5.41) is 19.8. The van der Waals surface area contributed by atoms with E-state index < -0.39 is 58.0 Å². The van der Waals surface area contributed by atoms with E-state index >= 15 is 0 Å². The summed E-state index contributed by atoms with van der Waals surface area (Å²) in [4.78, 5) is 34.6. The quantitative estimate of drug-likeness (QED) is 0.0691. The van der Waals surface area contributed by atoms with Gasteiger partial charge < -0.3 is 20.3 Å². The Labute approximate surface area is 219 Å². The predicted octanol–water partition coefficient (Wildman–Crippen LogP) is 3.78. The molecule has 2 rings (SSSR count). The summed E-state index contributed by atoms with van der Waals surface area (Å²) >= 11 is 3.46. The van der Waals surface area contributed by atoms with Gasteiger partial charge in [-0.15, -0.1) is 0 Å². The second-order valence-electron chi connectivity index (χ2n) is 6.40. The molecule has 3 N–H and O–H groups in total. The lowest BCUT2D eigenvalue weighted by molar-refractivity contribution is -0.146. The number of carbonyl (C=O) groups is 3. The van der Waals surface area contributed by atoms with Crippen LogP contribution in [-0.4, -0.2) is 54.2 Å². The van der Waals surface area contributed by atoms with Gasteiger partial charge in [-0.05, 0) is 76.4 Å². The van der Waals surface area contributed by atoms with Gasteiger partial charge >= 0.3 is 11.9 Å². The Morgan fingerprint density at radius 2 is 1.47 bits per heavy atom. The molecule has 0 fully saturated rings. The van der Waals surface area contributed by atoms with Gasteiger partial charge in [-0.3, -0.25) is 9.59 Å². The molecule has 1 atom stereocenters. The normalized spacial score (nSPS) is 11.3. The molecule has 1 unspecified atom stereocenters. The molecule has 0 spiro atoms. The molecule has 7 nitrogen and oxygen atoms in total. The van der Waals surface area contributed by atoms with Crippen LogP contribution in [0.3, 0.4) is 0 Å². The highest BCUT2D eigenvalue weighted by Crippen LogP contribution is 2.20. The highest BCUT2D eigenvalue weighted by Gasteiger charge is 2.31. The van der Waals surface area contributed by atoms with E-state index in [-0.39, 0.29) is 26.3 Å². The Bertz CT molecular complexity index is 1050. The van der Waals surface area contributed by atoms with Crippen LogP contribution in [0.5, 0.6) is 0 Å². The van der Waals surface area contributed by atoms with E-state index in [0.717, 1.165) is 18.2 Å². The van der Waals surface area contributed by atoms with Gasteiger partial charge in [-0.1, -0.05) is 0 Å². The number of ether oxygens (including phenoxy) is 1. The van der Waals surface area contributed by atoms with Crippen LogP contribution in [0, 0.1) is 36.3 Å². The highest BCUT2D eigenvalue weighted by molar-refractivity contribution is 14.1. The number of carboxylic acid groups (broad SMARTS) is 1. The minimum atomic E-state index is -1.47. The Balaban J connectivity index is 0.000000404. The lowest BCUT2D eigenvalue weighted by Gasteiger charge is -2.16. The van der Waals surface area contributed by atoms with E-state index in [0.29, 0.717) is 7.14 Å². The molecule has 0 saturated carbocycles. The topological polar surface area (TPSA) is 113 Å². The molecule has 0 aromatic heterocycles. The van der Waals surface area contributed by atoms with Crippen molar-refractivity contribution in [2.75, 3.05) is 26.3 Å². The van der Waals surface area contributed by atoms with Crippen LogP contribution in [0.2, 0.25) is 0 Å². The van der Waals surface area contributed by atoms with Crippen LogP contribution in [-0.2, 0) is 9.53 Å².